The zero-order valence-corrected chi connectivity index (χ0v) is 15.6. The lowest BCUT2D eigenvalue weighted by molar-refractivity contribution is 0.356. The zero-order chi connectivity index (χ0) is 18.5. The quantitative estimate of drug-likeness (QED) is 0.541. The molecule has 0 amide bonds. The molecule has 3 aromatic rings. The number of nitrogens with one attached hydrogen (secondary N) is 2. The number of ether oxygens (including phenoxy) is 2. The second-order valence-corrected chi connectivity index (χ2v) is 6.09. The Labute approximate surface area is 156 Å². The third-order valence-corrected chi connectivity index (χ3v) is 4.43. The van der Waals surface area contributed by atoms with Gasteiger partial charge in [-0.25, -0.2) is 9.97 Å². The smallest absolute Gasteiger partial charge is 0.162 e. The molecule has 4 N–H and O–H groups in total. The maximum Gasteiger partial charge on any atom is 0.162 e. The lowest BCUT2D eigenvalue weighted by Gasteiger charge is -2.17. The average molecular weight is 371 g/mol. The summed E-state index contributed by atoms with van der Waals surface area (Å²) in [6.45, 7) is 2.08. The van der Waals surface area contributed by atoms with Crippen LogP contribution in [0.3, 0.4) is 0 Å². The number of nitrogens with zero attached hydrogens (tertiary/aromatic N) is 2. The molecule has 26 heavy (non-hydrogen) atoms. The highest BCUT2D eigenvalue weighted by Gasteiger charge is 2.13. The zero-order valence-electron chi connectivity index (χ0n) is 14.8. The largest absolute Gasteiger partial charge is 0.493 e. The minimum atomic E-state index is 0.0563. The van der Waals surface area contributed by atoms with Gasteiger partial charge >= 0.3 is 0 Å². The molecule has 8 heteroatoms. The van der Waals surface area contributed by atoms with Crippen LogP contribution in [0.15, 0.2) is 42.7 Å². The van der Waals surface area contributed by atoms with Crippen LogP contribution in [0.25, 0.3) is 10.9 Å². The van der Waals surface area contributed by atoms with Crippen LogP contribution in [0, 0.1) is 0 Å². The molecule has 1 atom stereocenters. The standard InChI is InChI=1S/C18H21N5O2S/c1-11(12-4-6-13(7-5-12)23-26-19)22-18-14-8-16(24-2)17(25-3)9-15(14)20-10-21-18/h4-11,23H,19H2,1-3H3,(H,20,21,22). The fraction of sp³-hybridized carbons (Fsp3) is 0.222. The van der Waals surface area contributed by atoms with Gasteiger partial charge in [-0.3, -0.25) is 5.14 Å². The summed E-state index contributed by atoms with van der Waals surface area (Å²) in [5.74, 6) is 2.02. The molecule has 0 spiro atoms. The van der Waals surface area contributed by atoms with Gasteiger partial charge in [0, 0.05) is 35.3 Å². The average Bonchev–Trinajstić information content (AvgIpc) is 2.68. The van der Waals surface area contributed by atoms with Gasteiger partial charge in [0.05, 0.1) is 19.7 Å². The van der Waals surface area contributed by atoms with E-state index in [9.17, 15) is 0 Å². The molecule has 0 saturated heterocycles. The van der Waals surface area contributed by atoms with Gasteiger partial charge in [0.15, 0.2) is 11.5 Å². The van der Waals surface area contributed by atoms with E-state index in [0.29, 0.717) is 11.5 Å². The van der Waals surface area contributed by atoms with E-state index in [0.717, 1.165) is 40.1 Å². The van der Waals surface area contributed by atoms with E-state index in [-0.39, 0.29) is 6.04 Å². The second kappa shape index (κ2) is 8.11. The molecule has 1 aromatic heterocycles. The van der Waals surface area contributed by atoms with Gasteiger partial charge in [-0.05, 0) is 30.7 Å². The predicted molar refractivity (Wildman–Crippen MR) is 107 cm³/mol. The number of rotatable bonds is 7. The van der Waals surface area contributed by atoms with E-state index in [1.165, 1.54) is 6.33 Å². The monoisotopic (exact) mass is 371 g/mol. The Kier molecular flexibility index (Phi) is 5.65. The number of fused-ring (bicyclic) bond motifs is 1. The van der Waals surface area contributed by atoms with Crippen LogP contribution in [0.1, 0.15) is 18.5 Å². The molecule has 0 aliphatic heterocycles. The first-order valence-corrected chi connectivity index (χ1v) is 8.89. The first-order valence-electron chi connectivity index (χ1n) is 8.01. The number of nitrogens with two attached hydrogens (primary N) is 1. The molecule has 7 nitrogen and oxygen atoms in total. The number of hydrogen-bond donors (Lipinski definition) is 3. The van der Waals surface area contributed by atoms with Crippen molar-refractivity contribution in [2.45, 2.75) is 13.0 Å². The molecule has 0 radical (unpaired) electrons. The van der Waals surface area contributed by atoms with E-state index >= 15 is 0 Å². The van der Waals surface area contributed by atoms with Gasteiger partial charge in [0.1, 0.15) is 12.1 Å². The van der Waals surface area contributed by atoms with E-state index in [4.69, 9.17) is 14.6 Å². The summed E-state index contributed by atoms with van der Waals surface area (Å²) in [4.78, 5) is 8.73. The molecular weight excluding hydrogens is 350 g/mol. The molecule has 0 aliphatic rings. The van der Waals surface area contributed by atoms with Crippen molar-refractivity contribution in [1.82, 2.24) is 9.97 Å². The lowest BCUT2D eigenvalue weighted by Crippen LogP contribution is -2.09. The number of aromatic nitrogens is 2. The molecule has 136 valence electrons. The van der Waals surface area contributed by atoms with Gasteiger partial charge < -0.3 is 19.5 Å². The van der Waals surface area contributed by atoms with Crippen LogP contribution in [0.5, 0.6) is 11.5 Å². The van der Waals surface area contributed by atoms with Crippen LogP contribution in [-0.2, 0) is 0 Å². The summed E-state index contributed by atoms with van der Waals surface area (Å²) in [6.07, 6.45) is 1.54. The highest BCUT2D eigenvalue weighted by Crippen LogP contribution is 2.34. The van der Waals surface area contributed by atoms with Crippen molar-refractivity contribution in [1.29, 1.82) is 0 Å². The van der Waals surface area contributed by atoms with Crippen molar-refractivity contribution in [2.75, 3.05) is 24.3 Å². The fourth-order valence-electron chi connectivity index (χ4n) is 2.69. The minimum Gasteiger partial charge on any atom is -0.493 e. The summed E-state index contributed by atoms with van der Waals surface area (Å²) in [5.41, 5.74) is 2.87. The van der Waals surface area contributed by atoms with Crippen LogP contribution in [0.4, 0.5) is 11.5 Å². The van der Waals surface area contributed by atoms with Crippen molar-refractivity contribution in [3.05, 3.63) is 48.3 Å². The number of methoxy groups -OCH3 is 2. The lowest BCUT2D eigenvalue weighted by atomic mass is 10.1. The Morgan fingerprint density at radius 2 is 1.73 bits per heavy atom. The topological polar surface area (TPSA) is 94.3 Å². The minimum absolute atomic E-state index is 0.0563. The number of benzene rings is 2. The predicted octanol–water partition coefficient (Wildman–Crippen LogP) is 3.75. The van der Waals surface area contributed by atoms with Crippen molar-refractivity contribution >= 4 is 34.5 Å². The van der Waals surface area contributed by atoms with Gasteiger partial charge in [0.25, 0.3) is 0 Å². The summed E-state index contributed by atoms with van der Waals surface area (Å²) < 4.78 is 13.7. The maximum atomic E-state index is 5.42. The normalized spacial score (nSPS) is 11.8. The molecule has 1 heterocycles. The summed E-state index contributed by atoms with van der Waals surface area (Å²) >= 11 is 1.07. The summed E-state index contributed by atoms with van der Waals surface area (Å²) in [5, 5.41) is 9.73. The van der Waals surface area contributed by atoms with Crippen LogP contribution in [-0.4, -0.2) is 24.2 Å². The molecule has 2 aromatic carbocycles. The van der Waals surface area contributed by atoms with Gasteiger partial charge in [-0.2, -0.15) is 0 Å². The van der Waals surface area contributed by atoms with Gasteiger partial charge in [0.2, 0.25) is 0 Å². The van der Waals surface area contributed by atoms with E-state index < -0.39 is 0 Å². The molecular formula is C18H21N5O2S. The van der Waals surface area contributed by atoms with Crippen molar-refractivity contribution in [2.24, 2.45) is 5.14 Å². The Bertz CT molecular complexity index is 889. The maximum absolute atomic E-state index is 5.42. The SMILES string of the molecule is COc1cc2ncnc(NC(C)c3ccc(NSN)cc3)c2cc1OC. The van der Waals surface area contributed by atoms with E-state index in [2.05, 4.69) is 26.9 Å². The van der Waals surface area contributed by atoms with Crippen LogP contribution in [0.2, 0.25) is 0 Å². The first-order chi connectivity index (χ1) is 12.7. The Morgan fingerprint density at radius 1 is 1.04 bits per heavy atom. The fourth-order valence-corrected chi connectivity index (χ4v) is 2.97. The molecule has 0 fully saturated rings. The number of anilines is 2. The Balaban J connectivity index is 1.90. The third-order valence-electron chi connectivity index (χ3n) is 4.08. The molecule has 0 saturated carbocycles. The van der Waals surface area contributed by atoms with Crippen LogP contribution >= 0.6 is 12.1 Å². The Morgan fingerprint density at radius 3 is 2.38 bits per heavy atom. The van der Waals surface area contributed by atoms with Gasteiger partial charge in [-0.15, -0.1) is 0 Å². The molecule has 1 unspecified atom stereocenters. The molecule has 0 bridgehead atoms. The van der Waals surface area contributed by atoms with Crippen molar-refractivity contribution in [3.63, 3.8) is 0 Å². The van der Waals surface area contributed by atoms with Gasteiger partial charge in [-0.1, -0.05) is 12.1 Å². The van der Waals surface area contributed by atoms with E-state index in [1.807, 2.05) is 36.4 Å². The third kappa shape index (κ3) is 3.76. The Hall–Kier alpha value is -2.71. The molecule has 0 aliphatic carbocycles. The van der Waals surface area contributed by atoms with Crippen molar-refractivity contribution < 1.29 is 9.47 Å². The van der Waals surface area contributed by atoms with Crippen molar-refractivity contribution in [3.8, 4) is 11.5 Å². The highest BCUT2D eigenvalue weighted by molar-refractivity contribution is 7.98. The summed E-state index contributed by atoms with van der Waals surface area (Å²) in [7, 11) is 3.21. The second-order valence-electron chi connectivity index (χ2n) is 5.65. The number of hydrogen-bond acceptors (Lipinski definition) is 8. The first kappa shape index (κ1) is 18.1. The molecule has 3 rings (SSSR count). The van der Waals surface area contributed by atoms with E-state index in [1.54, 1.807) is 14.2 Å². The highest BCUT2D eigenvalue weighted by atomic mass is 32.2. The summed E-state index contributed by atoms with van der Waals surface area (Å²) in [6, 6.07) is 11.8. The van der Waals surface area contributed by atoms with Crippen LogP contribution < -0.4 is 24.7 Å².